The molecule has 0 spiro atoms. The molecule has 1 atom stereocenters. The van der Waals surface area contributed by atoms with Crippen LogP contribution in [0.25, 0.3) is 0 Å². The number of methoxy groups -OCH3 is 1. The van der Waals surface area contributed by atoms with Crippen LogP contribution < -0.4 is 0 Å². The zero-order chi connectivity index (χ0) is 18.9. The van der Waals surface area contributed by atoms with Crippen LogP contribution in [-0.2, 0) is 9.53 Å². The van der Waals surface area contributed by atoms with Crippen molar-refractivity contribution in [2.75, 3.05) is 26.7 Å². The van der Waals surface area contributed by atoms with Crippen LogP contribution in [0.5, 0.6) is 0 Å². The molecular weight excluding hydrogens is 314 g/mol. The predicted octanol–water partition coefficient (Wildman–Crippen LogP) is 3.21. The Labute approximate surface area is 151 Å². The number of rotatable bonds is 9. The Kier molecular flexibility index (Phi) is 8.54. The van der Waals surface area contributed by atoms with Gasteiger partial charge in [-0.15, -0.1) is 5.92 Å². The third kappa shape index (κ3) is 6.12. The fourth-order valence-corrected chi connectivity index (χ4v) is 2.42. The number of carbonyl (C=O) groups excluding carboxylic acids is 2. The molecule has 0 aliphatic rings. The third-order valence-electron chi connectivity index (χ3n) is 4.42. The Morgan fingerprint density at radius 3 is 2.24 bits per heavy atom. The van der Waals surface area contributed by atoms with E-state index in [4.69, 9.17) is 4.74 Å². The summed E-state index contributed by atoms with van der Waals surface area (Å²) >= 11 is 0. The monoisotopic (exact) mass is 343 g/mol. The summed E-state index contributed by atoms with van der Waals surface area (Å²) in [5.74, 6) is 4.85. The van der Waals surface area contributed by atoms with Crippen LogP contribution in [0.4, 0.5) is 0 Å². The third-order valence-corrected chi connectivity index (χ3v) is 4.42. The van der Waals surface area contributed by atoms with Gasteiger partial charge in [0, 0.05) is 19.1 Å². The number of nitrogens with zero attached hydrogens (tertiary/aromatic N) is 1. The topological polar surface area (TPSA) is 46.6 Å². The Morgan fingerprint density at radius 1 is 1.12 bits per heavy atom. The zero-order valence-corrected chi connectivity index (χ0v) is 16.0. The lowest BCUT2D eigenvalue weighted by Crippen LogP contribution is -2.41. The molecule has 1 aromatic carbocycles. The highest BCUT2D eigenvalue weighted by Gasteiger charge is 2.37. The fourth-order valence-electron chi connectivity index (χ4n) is 2.42. The molecule has 0 bridgehead atoms. The molecule has 25 heavy (non-hydrogen) atoms. The van der Waals surface area contributed by atoms with E-state index in [1.807, 2.05) is 6.07 Å². The lowest BCUT2D eigenvalue weighted by Gasteiger charge is -2.25. The van der Waals surface area contributed by atoms with Gasteiger partial charge in [0.25, 0.3) is 0 Å². The standard InChI is InChI=1S/C21H29NO3/c1-6-22(7-2)16-12-11-15-18(20(24)21(3,4)25-5)19(23)17-13-9-8-10-14-17/h8-10,13-14,18H,6-7,15-16H2,1-5H3. The molecule has 136 valence electrons. The number of hydrogen-bond donors (Lipinski definition) is 0. The van der Waals surface area contributed by atoms with Gasteiger partial charge >= 0.3 is 0 Å². The summed E-state index contributed by atoms with van der Waals surface area (Å²) in [6, 6.07) is 8.89. The minimum Gasteiger partial charge on any atom is -0.371 e. The Bertz CT molecular complexity index is 622. The largest absolute Gasteiger partial charge is 0.371 e. The normalized spacial score (nSPS) is 12.4. The fraction of sp³-hybridized carbons (Fsp3) is 0.524. The summed E-state index contributed by atoms with van der Waals surface area (Å²) in [4.78, 5) is 27.8. The van der Waals surface area contributed by atoms with Crippen LogP contribution in [-0.4, -0.2) is 48.8 Å². The second kappa shape index (κ2) is 10.1. The average Bonchev–Trinajstić information content (AvgIpc) is 2.64. The second-order valence-corrected chi connectivity index (χ2v) is 6.38. The van der Waals surface area contributed by atoms with Gasteiger partial charge in [0.2, 0.25) is 0 Å². The molecule has 0 fully saturated rings. The van der Waals surface area contributed by atoms with Crippen molar-refractivity contribution >= 4 is 11.6 Å². The van der Waals surface area contributed by atoms with Gasteiger partial charge in [-0.25, -0.2) is 0 Å². The zero-order valence-electron chi connectivity index (χ0n) is 16.0. The molecule has 0 aliphatic heterocycles. The van der Waals surface area contributed by atoms with Crippen molar-refractivity contribution in [3.05, 3.63) is 35.9 Å². The van der Waals surface area contributed by atoms with Crippen molar-refractivity contribution in [1.82, 2.24) is 4.90 Å². The summed E-state index contributed by atoms with van der Waals surface area (Å²) < 4.78 is 5.29. The molecule has 0 amide bonds. The van der Waals surface area contributed by atoms with Gasteiger partial charge in [0.1, 0.15) is 5.60 Å². The van der Waals surface area contributed by atoms with Gasteiger partial charge in [-0.1, -0.05) is 50.1 Å². The van der Waals surface area contributed by atoms with Crippen LogP contribution in [0.2, 0.25) is 0 Å². The maximum absolute atomic E-state index is 12.8. The van der Waals surface area contributed by atoms with Crippen LogP contribution in [0.1, 0.15) is 44.5 Å². The van der Waals surface area contributed by atoms with E-state index in [0.29, 0.717) is 12.1 Å². The Hall–Kier alpha value is -1.96. The molecule has 1 rings (SSSR count). The highest BCUT2D eigenvalue weighted by Crippen LogP contribution is 2.22. The maximum Gasteiger partial charge on any atom is 0.175 e. The maximum atomic E-state index is 12.8. The van der Waals surface area contributed by atoms with Gasteiger partial charge in [0.05, 0.1) is 12.5 Å². The summed E-state index contributed by atoms with van der Waals surface area (Å²) in [5.41, 5.74) is -0.492. The summed E-state index contributed by atoms with van der Waals surface area (Å²) in [6.45, 7) is 10.0. The van der Waals surface area contributed by atoms with Crippen molar-refractivity contribution in [2.45, 2.75) is 39.7 Å². The van der Waals surface area contributed by atoms with Crippen LogP contribution in [0.3, 0.4) is 0 Å². The molecule has 1 aromatic rings. The van der Waals surface area contributed by atoms with E-state index < -0.39 is 11.5 Å². The number of ketones is 2. The SMILES string of the molecule is CCN(CC)CC#CCC(C(=O)c1ccccc1)C(=O)C(C)(C)OC. The molecule has 0 heterocycles. The van der Waals surface area contributed by atoms with Crippen LogP contribution >= 0.6 is 0 Å². The molecule has 4 heteroatoms. The Morgan fingerprint density at radius 2 is 1.72 bits per heavy atom. The van der Waals surface area contributed by atoms with Gasteiger partial charge in [0.15, 0.2) is 11.6 Å². The minimum atomic E-state index is -1.02. The lowest BCUT2D eigenvalue weighted by atomic mass is 9.84. The number of hydrogen-bond acceptors (Lipinski definition) is 4. The highest BCUT2D eigenvalue weighted by molar-refractivity contribution is 6.13. The van der Waals surface area contributed by atoms with Crippen LogP contribution in [0.15, 0.2) is 30.3 Å². The van der Waals surface area contributed by atoms with Gasteiger partial charge in [-0.3, -0.25) is 14.5 Å². The van der Waals surface area contributed by atoms with Crippen LogP contribution in [0, 0.1) is 17.8 Å². The quantitative estimate of drug-likeness (QED) is 0.392. The molecule has 4 nitrogen and oxygen atoms in total. The minimum absolute atomic E-state index is 0.201. The van der Waals surface area contributed by atoms with Gasteiger partial charge in [-0.2, -0.15) is 0 Å². The number of Topliss-reactive ketones (excluding diaryl/α,β-unsaturated/α-hetero) is 2. The first-order valence-corrected chi connectivity index (χ1v) is 8.74. The highest BCUT2D eigenvalue weighted by atomic mass is 16.5. The molecule has 0 aliphatic carbocycles. The predicted molar refractivity (Wildman–Crippen MR) is 101 cm³/mol. The number of carbonyl (C=O) groups is 2. The first kappa shape index (κ1) is 21.1. The molecule has 1 unspecified atom stereocenters. The first-order valence-electron chi connectivity index (χ1n) is 8.74. The number of ether oxygens (including phenoxy) is 1. The van der Waals surface area contributed by atoms with Gasteiger partial charge in [-0.05, 0) is 26.9 Å². The van der Waals surface area contributed by atoms with Crippen molar-refractivity contribution < 1.29 is 14.3 Å². The second-order valence-electron chi connectivity index (χ2n) is 6.38. The van der Waals surface area contributed by atoms with E-state index in [1.165, 1.54) is 7.11 Å². The number of benzene rings is 1. The molecule has 0 saturated carbocycles. The summed E-state index contributed by atoms with van der Waals surface area (Å²) in [7, 11) is 1.48. The van der Waals surface area contributed by atoms with E-state index in [9.17, 15) is 9.59 Å². The first-order chi connectivity index (χ1) is 11.9. The summed E-state index contributed by atoms with van der Waals surface area (Å²) in [5, 5.41) is 0. The lowest BCUT2D eigenvalue weighted by molar-refractivity contribution is -0.139. The van der Waals surface area contributed by atoms with E-state index in [1.54, 1.807) is 38.1 Å². The Balaban J connectivity index is 2.99. The molecule has 0 aromatic heterocycles. The van der Waals surface area contributed by atoms with Crippen molar-refractivity contribution in [2.24, 2.45) is 5.92 Å². The van der Waals surface area contributed by atoms with E-state index in [2.05, 4.69) is 30.6 Å². The van der Waals surface area contributed by atoms with E-state index in [-0.39, 0.29) is 18.0 Å². The summed E-state index contributed by atoms with van der Waals surface area (Å²) in [6.07, 6.45) is 0.209. The average molecular weight is 343 g/mol. The van der Waals surface area contributed by atoms with Crippen molar-refractivity contribution in [3.8, 4) is 11.8 Å². The van der Waals surface area contributed by atoms with E-state index >= 15 is 0 Å². The molecule has 0 radical (unpaired) electrons. The van der Waals surface area contributed by atoms with E-state index in [0.717, 1.165) is 13.1 Å². The molecular formula is C21H29NO3. The molecule has 0 N–H and O–H groups in total. The smallest absolute Gasteiger partial charge is 0.175 e. The molecule has 0 saturated heterocycles. The van der Waals surface area contributed by atoms with Crippen molar-refractivity contribution in [1.29, 1.82) is 0 Å². The van der Waals surface area contributed by atoms with Crippen molar-refractivity contribution in [3.63, 3.8) is 0 Å². The van der Waals surface area contributed by atoms with Gasteiger partial charge < -0.3 is 4.74 Å².